The normalized spacial score (nSPS) is 16.3. The number of hydrogen-bond acceptors (Lipinski definition) is 6. The van der Waals surface area contributed by atoms with E-state index in [9.17, 15) is 22.8 Å². The molecule has 2 aromatic carbocycles. The molecule has 1 atom stereocenters. The van der Waals surface area contributed by atoms with E-state index in [2.05, 4.69) is 21.2 Å². The average molecular weight is 562 g/mol. The molecule has 1 saturated heterocycles. The largest absolute Gasteiger partial charge is 0.326 e. The van der Waals surface area contributed by atoms with Crippen LogP contribution in [0.5, 0.6) is 0 Å². The molecule has 1 aliphatic rings. The lowest BCUT2D eigenvalue weighted by Crippen LogP contribution is -2.44. The lowest BCUT2D eigenvalue weighted by Gasteiger charge is -2.26. The number of hydrogen-bond donors (Lipinski definition) is 1. The van der Waals surface area contributed by atoms with Crippen LogP contribution in [0.15, 0.2) is 75.4 Å². The molecule has 1 aromatic heterocycles. The van der Waals surface area contributed by atoms with Crippen molar-refractivity contribution in [3.05, 3.63) is 75.4 Å². The predicted octanol–water partition coefficient (Wildman–Crippen LogP) is 3.99. The Labute approximate surface area is 209 Å². The van der Waals surface area contributed by atoms with Crippen LogP contribution in [0.1, 0.15) is 18.2 Å². The maximum absolute atomic E-state index is 13.7. The van der Waals surface area contributed by atoms with Crippen LogP contribution < -0.4 is 10.2 Å². The third kappa shape index (κ3) is 4.97. The predicted molar refractivity (Wildman–Crippen MR) is 133 cm³/mol. The number of imide groups is 1. The summed E-state index contributed by atoms with van der Waals surface area (Å²) in [5, 5.41) is 4.41. The number of anilines is 2. The van der Waals surface area contributed by atoms with Crippen molar-refractivity contribution in [2.75, 3.05) is 10.2 Å². The van der Waals surface area contributed by atoms with Crippen molar-refractivity contribution in [1.29, 1.82) is 0 Å². The molecule has 1 N–H and O–H groups in total. The number of benzene rings is 2. The van der Waals surface area contributed by atoms with Gasteiger partial charge < -0.3 is 5.32 Å². The van der Waals surface area contributed by atoms with Gasteiger partial charge in [-0.1, -0.05) is 22.0 Å². The highest BCUT2D eigenvalue weighted by Crippen LogP contribution is 2.32. The van der Waals surface area contributed by atoms with E-state index in [4.69, 9.17) is 0 Å². The summed E-state index contributed by atoms with van der Waals surface area (Å²) in [6.07, 6.45) is -0.260. The molecule has 0 spiro atoms. The van der Waals surface area contributed by atoms with Crippen molar-refractivity contribution in [2.24, 2.45) is 0 Å². The summed E-state index contributed by atoms with van der Waals surface area (Å²) in [6, 6.07) is 14.8. The molecule has 11 heteroatoms. The molecule has 1 unspecified atom stereocenters. The molecule has 3 amide bonds. The molecule has 4 rings (SSSR count). The maximum atomic E-state index is 13.7. The number of nitrogens with zero attached hydrogens (tertiary/aromatic N) is 2. The Kier molecular flexibility index (Phi) is 6.99. The first-order valence-corrected chi connectivity index (χ1v) is 13.3. The summed E-state index contributed by atoms with van der Waals surface area (Å²) >= 11 is 4.69. The molecule has 34 heavy (non-hydrogen) atoms. The number of nitrogens with one attached hydrogen (secondary N) is 1. The smallest absolute Gasteiger partial charge is 0.252 e. The van der Waals surface area contributed by atoms with Gasteiger partial charge in [-0.3, -0.25) is 14.4 Å². The molecule has 1 fully saturated rings. The highest BCUT2D eigenvalue weighted by Gasteiger charge is 2.47. The second kappa shape index (κ2) is 9.79. The second-order valence-electron chi connectivity index (χ2n) is 7.60. The van der Waals surface area contributed by atoms with Gasteiger partial charge in [-0.25, -0.2) is 13.3 Å². The average Bonchev–Trinajstić information content (AvgIpc) is 3.40. The van der Waals surface area contributed by atoms with Crippen LogP contribution in [0.2, 0.25) is 0 Å². The van der Waals surface area contributed by atoms with Gasteiger partial charge in [0, 0.05) is 28.5 Å². The highest BCUT2D eigenvalue weighted by atomic mass is 79.9. The van der Waals surface area contributed by atoms with E-state index < -0.39 is 27.9 Å². The topological polar surface area (TPSA) is 104 Å². The molecular weight excluding hydrogens is 542 g/mol. The molecule has 3 aromatic rings. The Bertz CT molecular complexity index is 1320. The van der Waals surface area contributed by atoms with Crippen LogP contribution in [-0.2, 0) is 31.0 Å². The van der Waals surface area contributed by atoms with E-state index >= 15 is 0 Å². The number of rotatable bonds is 7. The van der Waals surface area contributed by atoms with Gasteiger partial charge in [-0.15, -0.1) is 11.3 Å². The number of carbonyl (C=O) groups is 3. The lowest BCUT2D eigenvalue weighted by atomic mass is 10.2. The molecule has 1 aliphatic heterocycles. The first-order chi connectivity index (χ1) is 16.2. The zero-order valence-corrected chi connectivity index (χ0v) is 21.2. The molecular formula is C23H20BrN3O5S2. The van der Waals surface area contributed by atoms with E-state index in [-0.39, 0.29) is 23.8 Å². The van der Waals surface area contributed by atoms with Gasteiger partial charge in [-0.2, -0.15) is 4.31 Å². The van der Waals surface area contributed by atoms with E-state index in [1.165, 1.54) is 42.5 Å². The van der Waals surface area contributed by atoms with Crippen LogP contribution in [0.4, 0.5) is 11.4 Å². The van der Waals surface area contributed by atoms with Gasteiger partial charge in [0.1, 0.15) is 6.04 Å². The third-order valence-corrected chi connectivity index (χ3v) is 8.49. The Hall–Kier alpha value is -2.86. The van der Waals surface area contributed by atoms with Gasteiger partial charge >= 0.3 is 0 Å². The van der Waals surface area contributed by atoms with E-state index in [1.807, 2.05) is 5.38 Å². The zero-order chi connectivity index (χ0) is 24.5. The summed E-state index contributed by atoms with van der Waals surface area (Å²) in [5.74, 6) is -1.34. The Morgan fingerprint density at radius 3 is 2.38 bits per heavy atom. The quantitative estimate of drug-likeness (QED) is 0.439. The van der Waals surface area contributed by atoms with Crippen LogP contribution in [0, 0.1) is 0 Å². The summed E-state index contributed by atoms with van der Waals surface area (Å²) < 4.78 is 29.2. The van der Waals surface area contributed by atoms with Crippen molar-refractivity contribution in [3.8, 4) is 0 Å². The van der Waals surface area contributed by atoms with Crippen molar-refractivity contribution >= 4 is 66.4 Å². The summed E-state index contributed by atoms with van der Waals surface area (Å²) in [5.41, 5.74) is 0.832. The molecule has 0 saturated carbocycles. The first-order valence-electron chi connectivity index (χ1n) is 10.2. The highest BCUT2D eigenvalue weighted by molar-refractivity contribution is 9.10. The van der Waals surface area contributed by atoms with E-state index in [0.717, 1.165) is 18.6 Å². The van der Waals surface area contributed by atoms with Crippen molar-refractivity contribution in [3.63, 3.8) is 0 Å². The van der Waals surface area contributed by atoms with Crippen molar-refractivity contribution in [1.82, 2.24) is 4.31 Å². The number of thiophene rings is 1. The Morgan fingerprint density at radius 1 is 1.12 bits per heavy atom. The van der Waals surface area contributed by atoms with Gasteiger partial charge in [0.2, 0.25) is 21.8 Å². The molecule has 8 nitrogen and oxygen atoms in total. The fraction of sp³-hybridized carbons (Fsp3) is 0.174. The number of halogens is 1. The first kappa shape index (κ1) is 24.3. The summed E-state index contributed by atoms with van der Waals surface area (Å²) in [7, 11) is -4.15. The van der Waals surface area contributed by atoms with Crippen LogP contribution >= 0.6 is 27.3 Å². The van der Waals surface area contributed by atoms with Crippen molar-refractivity contribution in [2.45, 2.75) is 30.8 Å². The van der Waals surface area contributed by atoms with E-state index in [0.29, 0.717) is 11.4 Å². The molecule has 2 heterocycles. The van der Waals surface area contributed by atoms with Gasteiger partial charge in [0.05, 0.1) is 17.0 Å². The van der Waals surface area contributed by atoms with Crippen LogP contribution in [0.3, 0.4) is 0 Å². The fourth-order valence-corrected chi connectivity index (χ4v) is 6.28. The third-order valence-electron chi connectivity index (χ3n) is 5.23. The second-order valence-corrected chi connectivity index (χ2v) is 11.4. The maximum Gasteiger partial charge on any atom is 0.252 e. The minimum Gasteiger partial charge on any atom is -0.326 e. The van der Waals surface area contributed by atoms with Crippen LogP contribution in [0.25, 0.3) is 0 Å². The monoisotopic (exact) mass is 561 g/mol. The molecule has 0 bridgehead atoms. The van der Waals surface area contributed by atoms with Crippen LogP contribution in [-0.4, -0.2) is 36.5 Å². The van der Waals surface area contributed by atoms with Gasteiger partial charge in [0.25, 0.3) is 5.91 Å². The minimum atomic E-state index is -4.15. The van der Waals surface area contributed by atoms with Crippen molar-refractivity contribution < 1.29 is 22.8 Å². The Morgan fingerprint density at radius 2 is 1.79 bits per heavy atom. The van der Waals surface area contributed by atoms with Gasteiger partial charge in [0.15, 0.2) is 0 Å². The lowest BCUT2D eigenvalue weighted by molar-refractivity contribution is -0.122. The fourth-order valence-electron chi connectivity index (χ4n) is 3.67. The standard InChI is InChI=1S/C23H20BrN3O5S2/c1-15(28)25-17-6-10-20(11-7-17)34(31,32)26(14-19-3-2-12-33-19)21-13-22(29)27(23(21)30)18-8-4-16(24)5-9-18/h2-12,21H,13-14H2,1H3,(H,25,28). The van der Waals surface area contributed by atoms with E-state index in [1.54, 1.807) is 36.4 Å². The molecule has 0 radical (unpaired) electrons. The number of sulfonamides is 1. The number of amides is 3. The number of carbonyl (C=O) groups excluding carboxylic acids is 3. The minimum absolute atomic E-state index is 0.0412. The Balaban J connectivity index is 1.70. The molecule has 176 valence electrons. The summed E-state index contributed by atoms with van der Waals surface area (Å²) in [6.45, 7) is 1.30. The van der Waals surface area contributed by atoms with Gasteiger partial charge in [-0.05, 0) is 60.0 Å². The SMILES string of the molecule is CC(=O)Nc1ccc(S(=O)(=O)N(Cc2cccs2)C2CC(=O)N(c3ccc(Br)cc3)C2=O)cc1. The molecule has 0 aliphatic carbocycles. The zero-order valence-electron chi connectivity index (χ0n) is 18.0. The summed E-state index contributed by atoms with van der Waals surface area (Å²) in [4.78, 5) is 39.2.